The highest BCUT2D eigenvalue weighted by Gasteiger charge is 2.23. The van der Waals surface area contributed by atoms with Gasteiger partial charge in [0.1, 0.15) is 11.3 Å². The van der Waals surface area contributed by atoms with Crippen LogP contribution in [-0.2, 0) is 6.54 Å². The van der Waals surface area contributed by atoms with Crippen molar-refractivity contribution >= 4 is 16.8 Å². The monoisotopic (exact) mass is 379 g/mol. The molecular weight excluding hydrogens is 354 g/mol. The van der Waals surface area contributed by atoms with E-state index in [0.29, 0.717) is 23.4 Å². The molecule has 1 N–H and O–H groups in total. The molecular formula is C22H25N3O3. The highest BCUT2D eigenvalue weighted by molar-refractivity contribution is 6.00. The second-order valence-electron chi connectivity index (χ2n) is 7.22. The van der Waals surface area contributed by atoms with E-state index in [4.69, 9.17) is 4.74 Å². The Labute approximate surface area is 163 Å². The second-order valence-corrected chi connectivity index (χ2v) is 7.22. The van der Waals surface area contributed by atoms with E-state index in [2.05, 4.69) is 11.9 Å². The molecule has 0 bridgehead atoms. The molecule has 0 spiro atoms. The summed E-state index contributed by atoms with van der Waals surface area (Å²) in [5.41, 5.74) is 2.91. The van der Waals surface area contributed by atoms with E-state index < -0.39 is 0 Å². The van der Waals surface area contributed by atoms with Gasteiger partial charge in [0.25, 0.3) is 11.5 Å². The number of likely N-dealkylation sites (tertiary alicyclic amines) is 1. The first kappa shape index (κ1) is 18.3. The first-order chi connectivity index (χ1) is 13.6. The summed E-state index contributed by atoms with van der Waals surface area (Å²) in [5, 5.41) is 0.838. The van der Waals surface area contributed by atoms with Crippen molar-refractivity contribution in [3.8, 4) is 16.9 Å². The molecule has 0 atom stereocenters. The Balaban J connectivity index is 1.88. The minimum absolute atomic E-state index is 0.0241. The fourth-order valence-electron chi connectivity index (χ4n) is 3.66. The summed E-state index contributed by atoms with van der Waals surface area (Å²) in [6, 6.07) is 7.43. The molecule has 2 aromatic heterocycles. The summed E-state index contributed by atoms with van der Waals surface area (Å²) >= 11 is 0. The van der Waals surface area contributed by atoms with Gasteiger partial charge in [0.05, 0.1) is 7.11 Å². The molecule has 3 aromatic rings. The summed E-state index contributed by atoms with van der Waals surface area (Å²) in [6.07, 6.45) is 6.66. The van der Waals surface area contributed by atoms with Gasteiger partial charge in [0.2, 0.25) is 0 Å². The van der Waals surface area contributed by atoms with Crippen molar-refractivity contribution in [1.82, 2.24) is 14.5 Å². The maximum atomic E-state index is 12.8. The van der Waals surface area contributed by atoms with Gasteiger partial charge >= 0.3 is 0 Å². The number of rotatable bonds is 6. The number of H-pyrrole nitrogens is 1. The zero-order valence-corrected chi connectivity index (χ0v) is 16.3. The molecule has 6 nitrogen and oxygen atoms in total. The smallest absolute Gasteiger partial charge is 0.274 e. The van der Waals surface area contributed by atoms with Crippen LogP contribution in [0.15, 0.2) is 41.5 Å². The molecule has 146 valence electrons. The molecule has 1 aromatic carbocycles. The van der Waals surface area contributed by atoms with E-state index in [-0.39, 0.29) is 11.5 Å². The van der Waals surface area contributed by atoms with Gasteiger partial charge in [-0.15, -0.1) is 0 Å². The summed E-state index contributed by atoms with van der Waals surface area (Å²) < 4.78 is 7.34. The summed E-state index contributed by atoms with van der Waals surface area (Å²) in [6.45, 7) is 4.38. The number of ether oxygens (including phenoxy) is 1. The van der Waals surface area contributed by atoms with E-state index in [1.165, 1.54) is 0 Å². The largest absolute Gasteiger partial charge is 0.496 e. The van der Waals surface area contributed by atoms with Gasteiger partial charge in [-0.05, 0) is 37.1 Å². The van der Waals surface area contributed by atoms with Crippen LogP contribution in [0, 0.1) is 0 Å². The van der Waals surface area contributed by atoms with Crippen LogP contribution in [0.4, 0.5) is 0 Å². The van der Waals surface area contributed by atoms with Crippen LogP contribution >= 0.6 is 0 Å². The Bertz CT molecular complexity index is 1080. The van der Waals surface area contributed by atoms with Crippen molar-refractivity contribution in [2.75, 3.05) is 20.2 Å². The maximum Gasteiger partial charge on any atom is 0.274 e. The van der Waals surface area contributed by atoms with Gasteiger partial charge in [-0.25, -0.2) is 0 Å². The predicted octanol–water partition coefficient (Wildman–Crippen LogP) is 3.65. The summed E-state index contributed by atoms with van der Waals surface area (Å²) in [4.78, 5) is 30.4. The van der Waals surface area contributed by atoms with Crippen LogP contribution in [0.3, 0.4) is 0 Å². The average Bonchev–Trinajstić information content (AvgIpc) is 3.16. The highest BCUT2D eigenvalue weighted by atomic mass is 16.5. The van der Waals surface area contributed by atoms with E-state index in [0.717, 1.165) is 48.9 Å². The molecule has 1 aliphatic heterocycles. The zero-order chi connectivity index (χ0) is 19.7. The fourth-order valence-corrected chi connectivity index (χ4v) is 3.66. The first-order valence-electron chi connectivity index (χ1n) is 9.82. The van der Waals surface area contributed by atoms with Crippen LogP contribution in [0.1, 0.15) is 36.5 Å². The number of unbranched alkanes of at least 4 members (excludes halogenated alkanes) is 1. The molecule has 3 heterocycles. The first-order valence-corrected chi connectivity index (χ1v) is 9.82. The van der Waals surface area contributed by atoms with Crippen molar-refractivity contribution < 1.29 is 9.53 Å². The Kier molecular flexibility index (Phi) is 4.94. The predicted molar refractivity (Wildman–Crippen MR) is 110 cm³/mol. The second kappa shape index (κ2) is 7.54. The van der Waals surface area contributed by atoms with Crippen LogP contribution in [0.25, 0.3) is 22.0 Å². The van der Waals surface area contributed by atoms with Gasteiger partial charge in [-0.2, -0.15) is 0 Å². The van der Waals surface area contributed by atoms with Gasteiger partial charge in [-0.3, -0.25) is 9.59 Å². The van der Waals surface area contributed by atoms with Gasteiger partial charge in [0, 0.05) is 54.1 Å². The molecule has 4 rings (SSSR count). The lowest BCUT2D eigenvalue weighted by Crippen LogP contribution is -2.42. The highest BCUT2D eigenvalue weighted by Crippen LogP contribution is 2.35. The lowest BCUT2D eigenvalue weighted by molar-refractivity contribution is 0.0652. The Hall–Kier alpha value is -3.02. The summed E-state index contributed by atoms with van der Waals surface area (Å²) in [5.74, 6) is 0.725. The number of benzene rings is 1. The van der Waals surface area contributed by atoms with Gasteiger partial charge < -0.3 is 19.2 Å². The molecule has 0 unspecified atom stereocenters. The number of aryl methyl sites for hydroxylation is 1. The van der Waals surface area contributed by atoms with Crippen LogP contribution in [0.5, 0.6) is 5.75 Å². The molecule has 0 saturated carbocycles. The normalized spacial score (nSPS) is 13.6. The molecule has 0 aliphatic carbocycles. The third-order valence-corrected chi connectivity index (χ3v) is 5.43. The number of hydrogen-bond acceptors (Lipinski definition) is 3. The molecule has 1 saturated heterocycles. The van der Waals surface area contributed by atoms with Crippen LogP contribution in [-0.4, -0.2) is 40.6 Å². The number of aromatic amines is 1. The number of nitrogens with one attached hydrogen (secondary N) is 1. The standard InChI is InChI=1S/C22H25N3O3/c1-3-4-10-25-14-18(16-8-9-23-20(16)22(25)27)17-13-15(6-7-19(17)28-2)21(26)24-11-5-12-24/h6-9,13-14,23H,3-5,10-12H2,1-2H3. The number of aromatic nitrogens is 2. The molecule has 1 amide bonds. The van der Waals surface area contributed by atoms with Crippen LogP contribution in [0.2, 0.25) is 0 Å². The number of carbonyl (C=O) groups excluding carboxylic acids is 1. The third kappa shape index (κ3) is 3.09. The molecule has 28 heavy (non-hydrogen) atoms. The number of methoxy groups -OCH3 is 1. The van der Waals surface area contributed by atoms with E-state index in [1.54, 1.807) is 17.9 Å². The molecule has 0 radical (unpaired) electrons. The summed E-state index contributed by atoms with van der Waals surface area (Å²) in [7, 11) is 1.62. The van der Waals surface area contributed by atoms with Crippen LogP contribution < -0.4 is 10.3 Å². The number of fused-ring (bicyclic) bond motifs is 1. The quantitative estimate of drug-likeness (QED) is 0.711. The van der Waals surface area contributed by atoms with Crippen molar-refractivity contribution in [2.24, 2.45) is 0 Å². The average molecular weight is 379 g/mol. The Morgan fingerprint density at radius 2 is 2.04 bits per heavy atom. The number of amides is 1. The van der Waals surface area contributed by atoms with Crippen molar-refractivity contribution in [3.05, 3.63) is 52.6 Å². The molecule has 6 heteroatoms. The Morgan fingerprint density at radius 3 is 2.71 bits per heavy atom. The molecule has 1 aliphatic rings. The minimum atomic E-state index is -0.0241. The SMILES string of the molecule is CCCCn1cc(-c2cc(C(=O)N3CCC3)ccc2OC)c2cc[nH]c2c1=O. The van der Waals surface area contributed by atoms with Gasteiger partial charge in [0.15, 0.2) is 0 Å². The Morgan fingerprint density at radius 1 is 1.21 bits per heavy atom. The minimum Gasteiger partial charge on any atom is -0.496 e. The lowest BCUT2D eigenvalue weighted by atomic mass is 9.99. The third-order valence-electron chi connectivity index (χ3n) is 5.43. The number of nitrogens with zero attached hydrogens (tertiary/aromatic N) is 2. The number of carbonyl (C=O) groups is 1. The maximum absolute atomic E-state index is 12.8. The molecule has 1 fully saturated rings. The number of pyridine rings is 1. The fraction of sp³-hybridized carbons (Fsp3) is 0.364. The van der Waals surface area contributed by atoms with Crippen molar-refractivity contribution in [3.63, 3.8) is 0 Å². The van der Waals surface area contributed by atoms with Crippen molar-refractivity contribution in [1.29, 1.82) is 0 Å². The lowest BCUT2D eigenvalue weighted by Gasteiger charge is -2.31. The number of hydrogen-bond donors (Lipinski definition) is 1. The van der Waals surface area contributed by atoms with E-state index in [1.807, 2.05) is 35.4 Å². The van der Waals surface area contributed by atoms with E-state index >= 15 is 0 Å². The topological polar surface area (TPSA) is 67.3 Å². The van der Waals surface area contributed by atoms with Gasteiger partial charge in [-0.1, -0.05) is 13.3 Å². The van der Waals surface area contributed by atoms with Crippen molar-refractivity contribution in [2.45, 2.75) is 32.7 Å². The zero-order valence-electron chi connectivity index (χ0n) is 16.3. The van der Waals surface area contributed by atoms with E-state index in [9.17, 15) is 9.59 Å².